The maximum absolute atomic E-state index is 12.5. The first-order valence-corrected chi connectivity index (χ1v) is 8.62. The van der Waals surface area contributed by atoms with Crippen LogP contribution in [-0.2, 0) is 0 Å². The minimum atomic E-state index is -0.0687. The van der Waals surface area contributed by atoms with E-state index in [-0.39, 0.29) is 11.9 Å². The normalized spacial score (nSPS) is 18.0. The van der Waals surface area contributed by atoms with E-state index in [2.05, 4.69) is 15.5 Å². The second kappa shape index (κ2) is 7.29. The quantitative estimate of drug-likeness (QED) is 0.924. The number of halogens is 1. The van der Waals surface area contributed by atoms with Crippen molar-refractivity contribution in [1.29, 1.82) is 0 Å². The highest BCUT2D eigenvalue weighted by Gasteiger charge is 2.25. The molecule has 1 saturated heterocycles. The van der Waals surface area contributed by atoms with Gasteiger partial charge in [-0.1, -0.05) is 35.5 Å². The largest absolute Gasteiger partial charge is 0.332 e. The maximum Gasteiger partial charge on any atom is 0.274 e. The second-order valence-corrected chi connectivity index (χ2v) is 6.81. The van der Waals surface area contributed by atoms with Gasteiger partial charge in [-0.2, -0.15) is 0 Å². The molecule has 3 rings (SSSR count). The summed E-state index contributed by atoms with van der Waals surface area (Å²) in [5.41, 5.74) is 0.377. The Hall–Kier alpha value is -1.63. The molecule has 1 amide bonds. The van der Waals surface area contributed by atoms with E-state index in [0.717, 1.165) is 18.0 Å². The second-order valence-electron chi connectivity index (χ2n) is 5.34. The molecule has 1 fully saturated rings. The Balaban J connectivity index is 1.72. The van der Waals surface area contributed by atoms with E-state index < -0.39 is 0 Å². The molecule has 2 aromatic rings. The summed E-state index contributed by atoms with van der Waals surface area (Å²) in [5.74, 6) is -0.0687. The first-order valence-electron chi connectivity index (χ1n) is 7.43. The summed E-state index contributed by atoms with van der Waals surface area (Å²) >= 11 is 7.57. The van der Waals surface area contributed by atoms with Gasteiger partial charge in [-0.25, -0.2) is 0 Å². The van der Waals surface area contributed by atoms with Crippen molar-refractivity contribution < 1.29 is 4.79 Å². The SMILES string of the molecule is CC1CNCCN1C(=O)c1ccc(Sc2ccccc2Cl)nn1. The summed E-state index contributed by atoms with van der Waals surface area (Å²) in [5, 5.41) is 12.9. The number of benzene rings is 1. The molecule has 0 radical (unpaired) electrons. The minimum absolute atomic E-state index is 0.0687. The van der Waals surface area contributed by atoms with E-state index >= 15 is 0 Å². The molecule has 0 bridgehead atoms. The topological polar surface area (TPSA) is 58.1 Å². The number of nitrogens with zero attached hydrogens (tertiary/aromatic N) is 3. The molecule has 1 aliphatic heterocycles. The molecule has 23 heavy (non-hydrogen) atoms. The third-order valence-electron chi connectivity index (χ3n) is 3.67. The average molecular weight is 349 g/mol. The van der Waals surface area contributed by atoms with Crippen LogP contribution in [0, 0.1) is 0 Å². The predicted molar refractivity (Wildman–Crippen MR) is 91.0 cm³/mol. The third-order valence-corrected chi connectivity index (χ3v) is 5.12. The number of rotatable bonds is 3. The number of aromatic nitrogens is 2. The molecule has 1 aliphatic rings. The molecule has 5 nitrogen and oxygen atoms in total. The lowest BCUT2D eigenvalue weighted by atomic mass is 10.2. The maximum atomic E-state index is 12.5. The smallest absolute Gasteiger partial charge is 0.274 e. The summed E-state index contributed by atoms with van der Waals surface area (Å²) in [6.45, 7) is 4.33. The Morgan fingerprint density at radius 2 is 2.13 bits per heavy atom. The highest BCUT2D eigenvalue weighted by Crippen LogP contribution is 2.31. The first-order chi connectivity index (χ1) is 11.1. The van der Waals surface area contributed by atoms with Crippen molar-refractivity contribution in [1.82, 2.24) is 20.4 Å². The highest BCUT2D eigenvalue weighted by molar-refractivity contribution is 7.99. The van der Waals surface area contributed by atoms with Gasteiger partial charge in [-0.15, -0.1) is 10.2 Å². The van der Waals surface area contributed by atoms with E-state index in [1.165, 1.54) is 11.8 Å². The molecule has 0 saturated carbocycles. The van der Waals surface area contributed by atoms with Crippen LogP contribution in [0.2, 0.25) is 5.02 Å². The fourth-order valence-electron chi connectivity index (χ4n) is 2.42. The number of hydrogen-bond donors (Lipinski definition) is 1. The fourth-order valence-corrected chi connectivity index (χ4v) is 3.43. The summed E-state index contributed by atoms with van der Waals surface area (Å²) in [6, 6.07) is 11.3. The lowest BCUT2D eigenvalue weighted by molar-refractivity contribution is 0.0648. The summed E-state index contributed by atoms with van der Waals surface area (Å²) in [7, 11) is 0. The van der Waals surface area contributed by atoms with Crippen molar-refractivity contribution in [3.8, 4) is 0 Å². The Morgan fingerprint density at radius 1 is 1.30 bits per heavy atom. The van der Waals surface area contributed by atoms with Crippen LogP contribution in [0.4, 0.5) is 0 Å². The summed E-state index contributed by atoms with van der Waals surface area (Å²) in [6.07, 6.45) is 0. The van der Waals surface area contributed by atoms with Crippen molar-refractivity contribution in [2.24, 2.45) is 0 Å². The number of nitrogens with one attached hydrogen (secondary N) is 1. The van der Waals surface area contributed by atoms with Gasteiger partial charge in [0.15, 0.2) is 5.69 Å². The lowest BCUT2D eigenvalue weighted by Crippen LogP contribution is -2.52. The molecule has 0 aliphatic carbocycles. The van der Waals surface area contributed by atoms with E-state index in [1.54, 1.807) is 12.1 Å². The van der Waals surface area contributed by atoms with Crippen molar-refractivity contribution in [2.75, 3.05) is 19.6 Å². The van der Waals surface area contributed by atoms with Gasteiger partial charge in [0.1, 0.15) is 5.03 Å². The zero-order valence-electron chi connectivity index (χ0n) is 12.7. The molecule has 2 heterocycles. The zero-order chi connectivity index (χ0) is 16.2. The third kappa shape index (κ3) is 3.83. The lowest BCUT2D eigenvalue weighted by Gasteiger charge is -2.33. The number of piperazine rings is 1. The summed E-state index contributed by atoms with van der Waals surface area (Å²) in [4.78, 5) is 15.3. The van der Waals surface area contributed by atoms with Crippen molar-refractivity contribution in [3.63, 3.8) is 0 Å². The first kappa shape index (κ1) is 16.2. The van der Waals surface area contributed by atoms with Crippen molar-refractivity contribution >= 4 is 29.3 Å². The fraction of sp³-hybridized carbons (Fsp3) is 0.312. The highest BCUT2D eigenvalue weighted by atomic mass is 35.5. The van der Waals surface area contributed by atoms with Gasteiger partial charge in [-0.3, -0.25) is 4.79 Å². The monoisotopic (exact) mass is 348 g/mol. The predicted octanol–water partition coefficient (Wildman–Crippen LogP) is 2.72. The van der Waals surface area contributed by atoms with Gasteiger partial charge in [-0.05, 0) is 31.2 Å². The molecule has 120 valence electrons. The molecule has 1 aromatic heterocycles. The molecule has 7 heteroatoms. The van der Waals surface area contributed by atoms with Gasteiger partial charge in [0.2, 0.25) is 0 Å². The van der Waals surface area contributed by atoms with Crippen LogP contribution < -0.4 is 5.32 Å². The Kier molecular flexibility index (Phi) is 5.15. The number of carbonyl (C=O) groups excluding carboxylic acids is 1. The van der Waals surface area contributed by atoms with Crippen LogP contribution in [0.1, 0.15) is 17.4 Å². The van der Waals surface area contributed by atoms with Gasteiger partial charge < -0.3 is 10.2 Å². The Morgan fingerprint density at radius 3 is 2.83 bits per heavy atom. The minimum Gasteiger partial charge on any atom is -0.332 e. The van der Waals surface area contributed by atoms with Crippen LogP contribution in [-0.4, -0.2) is 46.7 Å². The molecule has 1 aromatic carbocycles. The number of amides is 1. The van der Waals surface area contributed by atoms with Crippen LogP contribution in [0.5, 0.6) is 0 Å². The van der Waals surface area contributed by atoms with Crippen molar-refractivity contribution in [2.45, 2.75) is 22.9 Å². The zero-order valence-corrected chi connectivity index (χ0v) is 14.3. The van der Waals surface area contributed by atoms with Gasteiger partial charge in [0.05, 0.1) is 5.02 Å². The average Bonchev–Trinajstić information content (AvgIpc) is 2.57. The molecule has 1 N–H and O–H groups in total. The van der Waals surface area contributed by atoms with Crippen LogP contribution in [0.15, 0.2) is 46.3 Å². The summed E-state index contributed by atoms with van der Waals surface area (Å²) < 4.78 is 0. The van der Waals surface area contributed by atoms with Gasteiger partial charge in [0, 0.05) is 30.6 Å². The van der Waals surface area contributed by atoms with Crippen LogP contribution in [0.3, 0.4) is 0 Å². The van der Waals surface area contributed by atoms with E-state index in [1.807, 2.05) is 36.1 Å². The number of hydrogen-bond acceptors (Lipinski definition) is 5. The molecular weight excluding hydrogens is 332 g/mol. The van der Waals surface area contributed by atoms with Gasteiger partial charge in [0.25, 0.3) is 5.91 Å². The molecular formula is C16H17ClN4OS. The van der Waals surface area contributed by atoms with E-state index in [9.17, 15) is 4.79 Å². The van der Waals surface area contributed by atoms with Crippen molar-refractivity contribution in [3.05, 3.63) is 47.1 Å². The van der Waals surface area contributed by atoms with E-state index in [0.29, 0.717) is 22.3 Å². The molecule has 0 spiro atoms. The standard InChI is InChI=1S/C16H17ClN4OS/c1-11-10-18-8-9-21(11)16(22)13-6-7-15(20-19-13)23-14-5-3-2-4-12(14)17/h2-7,11,18H,8-10H2,1H3. The number of carbonyl (C=O) groups is 1. The van der Waals surface area contributed by atoms with E-state index in [4.69, 9.17) is 11.6 Å². The van der Waals surface area contributed by atoms with Gasteiger partial charge >= 0.3 is 0 Å². The molecule has 1 atom stereocenters. The van der Waals surface area contributed by atoms with Crippen LogP contribution in [0.25, 0.3) is 0 Å². The molecule has 1 unspecified atom stereocenters. The Labute approximate surface area is 144 Å². The Bertz CT molecular complexity index is 695. The van der Waals surface area contributed by atoms with Crippen LogP contribution >= 0.6 is 23.4 Å².